The highest BCUT2D eigenvalue weighted by Crippen LogP contribution is 2.32. The summed E-state index contributed by atoms with van der Waals surface area (Å²) in [6.07, 6.45) is 1.68. The van der Waals surface area contributed by atoms with Crippen LogP contribution in [0.3, 0.4) is 0 Å². The Morgan fingerprint density at radius 2 is 2.10 bits per heavy atom. The summed E-state index contributed by atoms with van der Waals surface area (Å²) in [5.74, 6) is 0.133. The maximum Gasteiger partial charge on any atom is 0.239 e. The second-order valence-electron chi connectivity index (χ2n) is 4.74. The minimum absolute atomic E-state index is 0.356. The van der Waals surface area contributed by atoms with E-state index in [1.165, 1.54) is 12.1 Å². The number of benzene rings is 1. The first-order chi connectivity index (χ1) is 10.0. The van der Waals surface area contributed by atoms with Crippen molar-refractivity contribution in [3.63, 3.8) is 0 Å². The fourth-order valence-corrected chi connectivity index (χ4v) is 2.27. The van der Waals surface area contributed by atoms with Crippen LogP contribution in [0.4, 0.5) is 15.8 Å². The fourth-order valence-electron chi connectivity index (χ4n) is 2.03. The topological polar surface area (TPSA) is 37.4 Å². The lowest BCUT2D eigenvalue weighted by Crippen LogP contribution is -2.13. The first kappa shape index (κ1) is 15.4. The SMILES string of the molecule is COc1nccc(N(C)C)c1NCc1cc(F)cc(Cl)c1. The second-order valence-corrected chi connectivity index (χ2v) is 5.18. The highest BCUT2D eigenvalue weighted by Gasteiger charge is 2.12. The van der Waals surface area contributed by atoms with Crippen LogP contribution in [0.1, 0.15) is 5.56 Å². The molecular formula is C15H17ClFN3O. The van der Waals surface area contributed by atoms with E-state index in [1.807, 2.05) is 25.1 Å². The molecule has 112 valence electrons. The molecule has 1 aromatic heterocycles. The Balaban J connectivity index is 2.26. The van der Waals surface area contributed by atoms with Crippen LogP contribution < -0.4 is 15.0 Å². The number of hydrogen-bond donors (Lipinski definition) is 1. The minimum Gasteiger partial charge on any atom is -0.479 e. The van der Waals surface area contributed by atoms with Crippen molar-refractivity contribution >= 4 is 23.0 Å². The van der Waals surface area contributed by atoms with Crippen molar-refractivity contribution < 1.29 is 9.13 Å². The summed E-state index contributed by atoms with van der Waals surface area (Å²) in [6.45, 7) is 0.417. The Morgan fingerprint density at radius 3 is 2.71 bits per heavy atom. The largest absolute Gasteiger partial charge is 0.479 e. The molecule has 0 unspecified atom stereocenters. The van der Waals surface area contributed by atoms with Gasteiger partial charge in [-0.2, -0.15) is 0 Å². The molecule has 0 fully saturated rings. The van der Waals surface area contributed by atoms with Gasteiger partial charge in [-0.1, -0.05) is 11.6 Å². The molecule has 0 bridgehead atoms. The molecule has 0 aliphatic rings. The van der Waals surface area contributed by atoms with Crippen LogP contribution in [-0.4, -0.2) is 26.2 Å². The summed E-state index contributed by atoms with van der Waals surface area (Å²) < 4.78 is 18.6. The number of anilines is 2. The van der Waals surface area contributed by atoms with Gasteiger partial charge in [0, 0.05) is 31.9 Å². The van der Waals surface area contributed by atoms with Crippen molar-refractivity contribution in [2.45, 2.75) is 6.54 Å². The molecule has 1 N–H and O–H groups in total. The molecule has 0 saturated carbocycles. The van der Waals surface area contributed by atoms with E-state index in [4.69, 9.17) is 16.3 Å². The fraction of sp³-hybridized carbons (Fsp3) is 0.267. The van der Waals surface area contributed by atoms with Gasteiger partial charge in [0.05, 0.1) is 12.8 Å². The van der Waals surface area contributed by atoms with Gasteiger partial charge in [0.1, 0.15) is 11.5 Å². The monoisotopic (exact) mass is 309 g/mol. The molecule has 21 heavy (non-hydrogen) atoms. The molecule has 0 spiro atoms. The van der Waals surface area contributed by atoms with Crippen LogP contribution in [0.5, 0.6) is 5.88 Å². The number of rotatable bonds is 5. The molecule has 0 aliphatic carbocycles. The molecule has 0 radical (unpaired) electrons. The normalized spacial score (nSPS) is 10.3. The standard InChI is InChI=1S/C15H17ClFN3O/c1-20(2)13-4-5-18-15(21-3)14(13)19-9-10-6-11(16)8-12(17)7-10/h4-8,19H,9H2,1-3H3. The Morgan fingerprint density at radius 1 is 1.33 bits per heavy atom. The number of ether oxygens (including phenoxy) is 1. The summed E-state index contributed by atoms with van der Waals surface area (Å²) >= 11 is 5.86. The Hall–Kier alpha value is -2.01. The number of aromatic nitrogens is 1. The summed E-state index contributed by atoms with van der Waals surface area (Å²) in [7, 11) is 5.42. The predicted molar refractivity (Wildman–Crippen MR) is 83.9 cm³/mol. The highest BCUT2D eigenvalue weighted by molar-refractivity contribution is 6.30. The Labute approximate surface area is 128 Å². The molecule has 0 aliphatic heterocycles. The van der Waals surface area contributed by atoms with Gasteiger partial charge >= 0.3 is 0 Å². The molecule has 0 amide bonds. The number of hydrogen-bond acceptors (Lipinski definition) is 4. The third kappa shape index (κ3) is 3.76. The first-order valence-electron chi connectivity index (χ1n) is 6.40. The van der Waals surface area contributed by atoms with Crippen LogP contribution in [0.2, 0.25) is 5.02 Å². The van der Waals surface area contributed by atoms with Crippen LogP contribution in [-0.2, 0) is 6.54 Å². The Bertz CT molecular complexity index is 614. The number of halogens is 2. The molecular weight excluding hydrogens is 293 g/mol. The van der Waals surface area contributed by atoms with E-state index in [1.54, 1.807) is 19.4 Å². The summed E-state index contributed by atoms with van der Waals surface area (Å²) in [6, 6.07) is 6.32. The van der Waals surface area contributed by atoms with Gasteiger partial charge in [0.25, 0.3) is 0 Å². The molecule has 4 nitrogen and oxygen atoms in total. The van der Waals surface area contributed by atoms with Crippen LogP contribution in [0.25, 0.3) is 0 Å². The van der Waals surface area contributed by atoms with E-state index < -0.39 is 0 Å². The van der Waals surface area contributed by atoms with E-state index in [-0.39, 0.29) is 5.82 Å². The molecule has 0 atom stereocenters. The number of nitrogens with one attached hydrogen (secondary N) is 1. The van der Waals surface area contributed by atoms with Crippen molar-refractivity contribution in [2.24, 2.45) is 0 Å². The smallest absolute Gasteiger partial charge is 0.239 e. The van der Waals surface area contributed by atoms with Gasteiger partial charge in [-0.3, -0.25) is 0 Å². The summed E-state index contributed by atoms with van der Waals surface area (Å²) in [5, 5.41) is 3.60. The van der Waals surface area contributed by atoms with E-state index in [0.717, 1.165) is 16.9 Å². The third-order valence-corrected chi connectivity index (χ3v) is 3.18. The van der Waals surface area contributed by atoms with Crippen molar-refractivity contribution in [1.29, 1.82) is 0 Å². The molecule has 2 rings (SSSR count). The molecule has 6 heteroatoms. The Kier molecular flexibility index (Phi) is 4.85. The second kappa shape index (κ2) is 6.63. The average molecular weight is 310 g/mol. The van der Waals surface area contributed by atoms with Gasteiger partial charge in [-0.15, -0.1) is 0 Å². The third-order valence-electron chi connectivity index (χ3n) is 2.96. The lowest BCUT2D eigenvalue weighted by Gasteiger charge is -2.20. The van der Waals surface area contributed by atoms with Crippen molar-refractivity contribution in [3.8, 4) is 5.88 Å². The van der Waals surface area contributed by atoms with Crippen molar-refractivity contribution in [1.82, 2.24) is 4.98 Å². The quantitative estimate of drug-likeness (QED) is 0.916. The highest BCUT2D eigenvalue weighted by atomic mass is 35.5. The molecule has 1 heterocycles. The number of pyridine rings is 1. The van der Waals surface area contributed by atoms with Gasteiger partial charge in [0.2, 0.25) is 5.88 Å². The van der Waals surface area contributed by atoms with Gasteiger partial charge in [0.15, 0.2) is 0 Å². The number of nitrogens with zero attached hydrogens (tertiary/aromatic N) is 2. The van der Waals surface area contributed by atoms with Crippen LogP contribution in [0.15, 0.2) is 30.5 Å². The van der Waals surface area contributed by atoms with E-state index in [0.29, 0.717) is 17.4 Å². The van der Waals surface area contributed by atoms with E-state index in [9.17, 15) is 4.39 Å². The molecule has 0 saturated heterocycles. The van der Waals surface area contributed by atoms with Gasteiger partial charge in [-0.05, 0) is 29.8 Å². The predicted octanol–water partition coefficient (Wildman–Crippen LogP) is 3.56. The van der Waals surface area contributed by atoms with Crippen molar-refractivity contribution in [2.75, 3.05) is 31.4 Å². The van der Waals surface area contributed by atoms with Gasteiger partial charge in [-0.25, -0.2) is 9.37 Å². The number of methoxy groups -OCH3 is 1. The maximum absolute atomic E-state index is 13.3. The zero-order valence-electron chi connectivity index (χ0n) is 12.2. The summed E-state index contributed by atoms with van der Waals surface area (Å²) in [5.41, 5.74) is 2.44. The van der Waals surface area contributed by atoms with Crippen LogP contribution >= 0.6 is 11.6 Å². The van der Waals surface area contributed by atoms with E-state index >= 15 is 0 Å². The lowest BCUT2D eigenvalue weighted by molar-refractivity contribution is 0.400. The zero-order chi connectivity index (χ0) is 15.4. The van der Waals surface area contributed by atoms with Crippen LogP contribution in [0, 0.1) is 5.82 Å². The average Bonchev–Trinajstić information content (AvgIpc) is 2.43. The van der Waals surface area contributed by atoms with Gasteiger partial charge < -0.3 is 15.0 Å². The molecule has 2 aromatic rings. The lowest BCUT2D eigenvalue weighted by atomic mass is 10.2. The maximum atomic E-state index is 13.3. The first-order valence-corrected chi connectivity index (χ1v) is 6.78. The molecule has 1 aromatic carbocycles. The summed E-state index contributed by atoms with van der Waals surface area (Å²) in [4.78, 5) is 6.13. The van der Waals surface area contributed by atoms with E-state index in [2.05, 4.69) is 10.3 Å². The minimum atomic E-state index is -0.356. The van der Waals surface area contributed by atoms with Crippen molar-refractivity contribution in [3.05, 3.63) is 46.9 Å². The zero-order valence-corrected chi connectivity index (χ0v) is 12.9.